The summed E-state index contributed by atoms with van der Waals surface area (Å²) in [4.78, 5) is 18.9. The molecule has 2 aromatic heterocycles. The van der Waals surface area contributed by atoms with Crippen molar-refractivity contribution >= 4 is 5.91 Å². The molecule has 3 rings (SSSR count). The summed E-state index contributed by atoms with van der Waals surface area (Å²) in [5.74, 6) is -0.0597. The van der Waals surface area contributed by atoms with Crippen molar-refractivity contribution in [3.8, 4) is 11.3 Å². The third-order valence-electron chi connectivity index (χ3n) is 4.14. The molecule has 0 fully saturated rings. The summed E-state index contributed by atoms with van der Waals surface area (Å²) in [7, 11) is 1.72. The van der Waals surface area contributed by atoms with Crippen LogP contribution in [0.25, 0.3) is 11.3 Å². The monoisotopic (exact) mass is 351 g/mol. The van der Waals surface area contributed by atoms with E-state index in [0.717, 1.165) is 11.3 Å². The summed E-state index contributed by atoms with van der Waals surface area (Å²) in [6.45, 7) is 2.05. The molecule has 0 saturated heterocycles. The van der Waals surface area contributed by atoms with Crippen LogP contribution in [0, 0.1) is 0 Å². The minimum atomic E-state index is -0.928. The Labute approximate surface area is 152 Å². The molecular weight excluding hydrogens is 330 g/mol. The molecule has 0 bridgehead atoms. The van der Waals surface area contributed by atoms with E-state index in [1.807, 2.05) is 48.5 Å². The maximum absolute atomic E-state index is 13.0. The van der Waals surface area contributed by atoms with Crippen LogP contribution in [0.3, 0.4) is 0 Å². The zero-order valence-electron chi connectivity index (χ0n) is 14.8. The third kappa shape index (κ3) is 3.81. The molecule has 6 nitrogen and oxygen atoms in total. The van der Waals surface area contributed by atoms with E-state index < -0.39 is 6.10 Å². The lowest BCUT2D eigenvalue weighted by molar-refractivity contribution is 0.0784. The molecule has 134 valence electrons. The van der Waals surface area contributed by atoms with Crippen molar-refractivity contribution in [1.29, 1.82) is 0 Å². The number of hydrogen-bond donors (Lipinski definition) is 1. The van der Waals surface area contributed by atoms with Gasteiger partial charge in [0, 0.05) is 37.5 Å². The molecule has 2 heterocycles. The highest BCUT2D eigenvalue weighted by Crippen LogP contribution is 2.30. The molecule has 0 aliphatic carbocycles. The first-order valence-electron chi connectivity index (χ1n) is 8.46. The van der Waals surface area contributed by atoms with Crippen molar-refractivity contribution in [3.05, 3.63) is 71.7 Å². The highest BCUT2D eigenvalue weighted by atomic mass is 16.5. The van der Waals surface area contributed by atoms with Crippen molar-refractivity contribution in [1.82, 2.24) is 15.0 Å². The first kappa shape index (κ1) is 17.8. The number of likely N-dealkylation sites (N-methyl/N-ethyl adjacent to an activating group) is 1. The van der Waals surface area contributed by atoms with E-state index in [1.54, 1.807) is 25.1 Å². The Bertz CT molecular complexity index is 861. The molecule has 0 unspecified atom stereocenters. The molecule has 1 N–H and O–H groups in total. The quantitative estimate of drug-likeness (QED) is 0.738. The standard InChI is InChI=1S/C20H21N3O3/c1-14(24)19-17(18(22-26-19)15-8-4-3-5-9-15)20(25)23(2)13-11-16-10-6-7-12-21-16/h3-10,12,14,24H,11,13H2,1-2H3/t14-/m0/s1. The number of aliphatic hydroxyl groups excluding tert-OH is 1. The predicted octanol–water partition coefficient (Wildman–Crippen LogP) is 3.10. The van der Waals surface area contributed by atoms with Gasteiger partial charge in [-0.1, -0.05) is 41.6 Å². The van der Waals surface area contributed by atoms with Gasteiger partial charge in [0.2, 0.25) is 0 Å². The van der Waals surface area contributed by atoms with Gasteiger partial charge in [-0.3, -0.25) is 9.78 Å². The fraction of sp³-hybridized carbons (Fsp3) is 0.250. The maximum atomic E-state index is 13.0. The van der Waals surface area contributed by atoms with Crippen molar-refractivity contribution in [2.75, 3.05) is 13.6 Å². The number of aliphatic hydroxyl groups is 1. The van der Waals surface area contributed by atoms with Gasteiger partial charge >= 0.3 is 0 Å². The second-order valence-electron chi connectivity index (χ2n) is 6.11. The van der Waals surface area contributed by atoms with Gasteiger partial charge in [0.25, 0.3) is 5.91 Å². The summed E-state index contributed by atoms with van der Waals surface area (Å²) < 4.78 is 5.29. The summed E-state index contributed by atoms with van der Waals surface area (Å²) in [6.07, 6.45) is 1.44. The van der Waals surface area contributed by atoms with E-state index in [-0.39, 0.29) is 11.7 Å². The molecule has 1 atom stereocenters. The minimum absolute atomic E-state index is 0.179. The van der Waals surface area contributed by atoms with Crippen LogP contribution < -0.4 is 0 Å². The van der Waals surface area contributed by atoms with E-state index in [4.69, 9.17) is 4.52 Å². The highest BCUT2D eigenvalue weighted by Gasteiger charge is 2.28. The Kier molecular flexibility index (Phi) is 5.43. The van der Waals surface area contributed by atoms with Gasteiger partial charge in [-0.2, -0.15) is 0 Å². The van der Waals surface area contributed by atoms with Crippen LogP contribution in [0.2, 0.25) is 0 Å². The largest absolute Gasteiger partial charge is 0.385 e. The van der Waals surface area contributed by atoms with Crippen LogP contribution in [-0.4, -0.2) is 39.6 Å². The van der Waals surface area contributed by atoms with Crippen molar-refractivity contribution in [3.63, 3.8) is 0 Å². The first-order chi connectivity index (χ1) is 12.6. The molecular formula is C20H21N3O3. The Morgan fingerprint density at radius 2 is 1.92 bits per heavy atom. The number of aromatic nitrogens is 2. The van der Waals surface area contributed by atoms with E-state index in [1.165, 1.54) is 0 Å². The van der Waals surface area contributed by atoms with Gasteiger partial charge in [-0.05, 0) is 19.1 Å². The lowest BCUT2D eigenvalue weighted by Crippen LogP contribution is -2.30. The molecule has 0 saturated carbocycles. The zero-order chi connectivity index (χ0) is 18.5. The maximum Gasteiger partial charge on any atom is 0.259 e. The molecule has 0 radical (unpaired) electrons. The van der Waals surface area contributed by atoms with Crippen molar-refractivity contribution in [2.45, 2.75) is 19.4 Å². The SMILES string of the molecule is C[C@H](O)c1onc(-c2ccccc2)c1C(=O)N(C)CCc1ccccn1. The predicted molar refractivity (Wildman–Crippen MR) is 97.5 cm³/mol. The van der Waals surface area contributed by atoms with Crippen LogP contribution in [0.5, 0.6) is 0 Å². The lowest BCUT2D eigenvalue weighted by Gasteiger charge is -2.17. The Morgan fingerprint density at radius 1 is 1.19 bits per heavy atom. The van der Waals surface area contributed by atoms with Gasteiger partial charge in [-0.15, -0.1) is 0 Å². The number of rotatable bonds is 6. The van der Waals surface area contributed by atoms with E-state index in [9.17, 15) is 9.90 Å². The molecule has 26 heavy (non-hydrogen) atoms. The third-order valence-corrected chi connectivity index (χ3v) is 4.14. The number of nitrogens with zero attached hydrogens (tertiary/aromatic N) is 3. The highest BCUT2D eigenvalue weighted by molar-refractivity contribution is 6.00. The Morgan fingerprint density at radius 3 is 2.58 bits per heavy atom. The molecule has 0 aliphatic heterocycles. The lowest BCUT2D eigenvalue weighted by atomic mass is 10.0. The fourth-order valence-electron chi connectivity index (χ4n) is 2.71. The van der Waals surface area contributed by atoms with E-state index in [0.29, 0.717) is 24.2 Å². The van der Waals surface area contributed by atoms with Crippen LogP contribution in [0.1, 0.15) is 34.8 Å². The summed E-state index contributed by atoms with van der Waals surface area (Å²) in [6, 6.07) is 15.0. The van der Waals surface area contributed by atoms with Crippen LogP contribution in [0.15, 0.2) is 59.3 Å². The molecule has 6 heteroatoms. The van der Waals surface area contributed by atoms with Gasteiger partial charge in [-0.25, -0.2) is 0 Å². The summed E-state index contributed by atoms with van der Waals surface area (Å²) in [5.41, 5.74) is 2.42. The van der Waals surface area contributed by atoms with Gasteiger partial charge < -0.3 is 14.5 Å². The Hall–Kier alpha value is -2.99. The van der Waals surface area contributed by atoms with E-state index in [2.05, 4.69) is 10.1 Å². The zero-order valence-corrected chi connectivity index (χ0v) is 14.8. The van der Waals surface area contributed by atoms with Gasteiger partial charge in [0.1, 0.15) is 17.4 Å². The van der Waals surface area contributed by atoms with Crippen LogP contribution >= 0.6 is 0 Å². The number of carbonyl (C=O) groups is 1. The van der Waals surface area contributed by atoms with Crippen LogP contribution in [-0.2, 0) is 6.42 Å². The molecule has 1 amide bonds. The van der Waals surface area contributed by atoms with Crippen molar-refractivity contribution in [2.24, 2.45) is 0 Å². The van der Waals surface area contributed by atoms with Gasteiger partial charge in [0.15, 0.2) is 5.76 Å². The Balaban J connectivity index is 1.86. The molecule has 0 aliphatic rings. The smallest absolute Gasteiger partial charge is 0.259 e. The van der Waals surface area contributed by atoms with Crippen molar-refractivity contribution < 1.29 is 14.4 Å². The minimum Gasteiger partial charge on any atom is -0.385 e. The summed E-state index contributed by atoms with van der Waals surface area (Å²) in [5, 5.41) is 14.0. The topological polar surface area (TPSA) is 79.5 Å². The average molecular weight is 351 g/mol. The van der Waals surface area contributed by atoms with Crippen LogP contribution in [0.4, 0.5) is 0 Å². The van der Waals surface area contributed by atoms with Gasteiger partial charge in [0.05, 0.1) is 0 Å². The first-order valence-corrected chi connectivity index (χ1v) is 8.46. The number of benzene rings is 1. The number of pyridine rings is 1. The molecule has 1 aromatic carbocycles. The normalized spacial score (nSPS) is 12.0. The fourth-order valence-corrected chi connectivity index (χ4v) is 2.71. The number of carbonyl (C=O) groups excluding carboxylic acids is 1. The number of hydrogen-bond acceptors (Lipinski definition) is 5. The second-order valence-corrected chi connectivity index (χ2v) is 6.11. The van der Waals surface area contributed by atoms with E-state index >= 15 is 0 Å². The second kappa shape index (κ2) is 7.93. The molecule has 3 aromatic rings. The number of amides is 1. The average Bonchev–Trinajstić information content (AvgIpc) is 3.12. The summed E-state index contributed by atoms with van der Waals surface area (Å²) >= 11 is 0. The molecule has 0 spiro atoms.